The predicted molar refractivity (Wildman–Crippen MR) is 126 cm³/mol. The molecule has 0 spiro atoms. The molecule has 0 bridgehead atoms. The smallest absolute Gasteiger partial charge is 0.225 e. The van der Waals surface area contributed by atoms with E-state index >= 15 is 0 Å². The van der Waals surface area contributed by atoms with Gasteiger partial charge in [0, 0.05) is 43.4 Å². The quantitative estimate of drug-likeness (QED) is 0.373. The summed E-state index contributed by atoms with van der Waals surface area (Å²) in [5.74, 6) is 1.36. The van der Waals surface area contributed by atoms with Crippen molar-refractivity contribution in [2.24, 2.45) is 4.99 Å². The molecule has 3 N–H and O–H groups in total. The van der Waals surface area contributed by atoms with Crippen LogP contribution in [0, 0.1) is 5.82 Å². The van der Waals surface area contributed by atoms with E-state index in [-0.39, 0.29) is 17.6 Å². The summed E-state index contributed by atoms with van der Waals surface area (Å²) in [4.78, 5) is 21.0. The van der Waals surface area contributed by atoms with Crippen molar-refractivity contribution in [1.82, 2.24) is 15.6 Å². The largest absolute Gasteiger partial charge is 0.439 e. The Morgan fingerprint density at radius 1 is 1.18 bits per heavy atom. The summed E-state index contributed by atoms with van der Waals surface area (Å²) in [6.07, 6.45) is 2.08. The molecule has 1 atom stereocenters. The highest BCUT2D eigenvalue weighted by atomic mass is 19.1. The van der Waals surface area contributed by atoms with Crippen molar-refractivity contribution in [3.05, 3.63) is 83.8 Å². The Morgan fingerprint density at radius 3 is 2.82 bits per heavy atom. The first-order valence-corrected chi connectivity index (χ1v) is 10.9. The van der Waals surface area contributed by atoms with Crippen LogP contribution in [0.3, 0.4) is 0 Å². The molecular formula is C25H26FN5O2. The third-order valence-electron chi connectivity index (χ3n) is 5.22. The van der Waals surface area contributed by atoms with Crippen LogP contribution in [0.15, 0.2) is 71.9 Å². The average molecular weight is 448 g/mol. The first-order chi connectivity index (χ1) is 16.1. The lowest BCUT2D eigenvalue weighted by atomic mass is 9.90. The summed E-state index contributed by atoms with van der Waals surface area (Å²) in [6, 6.07) is 17.3. The van der Waals surface area contributed by atoms with Gasteiger partial charge in [-0.2, -0.15) is 0 Å². The van der Waals surface area contributed by atoms with E-state index in [0.29, 0.717) is 43.6 Å². The first-order valence-electron chi connectivity index (χ1n) is 10.9. The van der Waals surface area contributed by atoms with Crippen LogP contribution < -0.4 is 20.7 Å². The number of halogens is 1. The number of aliphatic imine (C=N–C) groups is 1. The zero-order chi connectivity index (χ0) is 23.0. The van der Waals surface area contributed by atoms with Crippen LogP contribution in [0.4, 0.5) is 10.1 Å². The van der Waals surface area contributed by atoms with Crippen molar-refractivity contribution >= 4 is 17.6 Å². The van der Waals surface area contributed by atoms with E-state index in [9.17, 15) is 9.18 Å². The molecule has 0 radical (unpaired) electrons. The number of anilines is 1. The van der Waals surface area contributed by atoms with Gasteiger partial charge in [0.15, 0.2) is 5.96 Å². The molecule has 33 heavy (non-hydrogen) atoms. The molecule has 0 fully saturated rings. The van der Waals surface area contributed by atoms with Gasteiger partial charge in [-0.1, -0.05) is 18.2 Å². The summed E-state index contributed by atoms with van der Waals surface area (Å²) < 4.78 is 18.8. The van der Waals surface area contributed by atoms with Crippen LogP contribution in [0.2, 0.25) is 0 Å². The van der Waals surface area contributed by atoms with Crippen molar-refractivity contribution in [3.63, 3.8) is 0 Å². The third-order valence-corrected chi connectivity index (χ3v) is 5.22. The molecule has 170 valence electrons. The number of benzene rings is 2. The fraction of sp³-hybridized carbons (Fsp3) is 0.240. The maximum atomic E-state index is 13.1. The molecule has 0 aliphatic carbocycles. The Labute approximate surface area is 192 Å². The third kappa shape index (κ3) is 6.06. The number of pyridine rings is 1. The number of hydrogen-bond donors (Lipinski definition) is 3. The number of guanidine groups is 1. The number of carbonyl (C=O) groups excluding carboxylic acids is 1. The van der Waals surface area contributed by atoms with Gasteiger partial charge in [-0.15, -0.1) is 0 Å². The number of ether oxygens (including phenoxy) is 1. The second-order valence-corrected chi connectivity index (χ2v) is 7.67. The zero-order valence-corrected chi connectivity index (χ0v) is 18.3. The van der Waals surface area contributed by atoms with Crippen LogP contribution in [0.1, 0.15) is 30.4 Å². The molecule has 0 saturated heterocycles. The van der Waals surface area contributed by atoms with Gasteiger partial charge in [0.05, 0.1) is 6.54 Å². The van der Waals surface area contributed by atoms with Crippen LogP contribution in [-0.2, 0) is 11.3 Å². The fourth-order valence-electron chi connectivity index (χ4n) is 3.64. The molecule has 4 rings (SSSR count). The molecule has 2 heterocycles. The number of nitrogens with zero attached hydrogens (tertiary/aromatic N) is 2. The highest BCUT2D eigenvalue weighted by molar-refractivity contribution is 5.94. The summed E-state index contributed by atoms with van der Waals surface area (Å²) in [6.45, 7) is 3.72. The first kappa shape index (κ1) is 22.3. The predicted octanol–water partition coefficient (Wildman–Crippen LogP) is 4.19. The number of fused-ring (bicyclic) bond motifs is 1. The number of aromatic nitrogens is 1. The fourth-order valence-corrected chi connectivity index (χ4v) is 3.64. The van der Waals surface area contributed by atoms with E-state index in [2.05, 4.69) is 25.9 Å². The molecule has 3 aromatic rings. The molecule has 0 saturated carbocycles. The van der Waals surface area contributed by atoms with E-state index < -0.39 is 0 Å². The molecule has 1 aliphatic heterocycles. The summed E-state index contributed by atoms with van der Waals surface area (Å²) in [5.41, 5.74) is 2.91. The van der Waals surface area contributed by atoms with Crippen LogP contribution in [0.5, 0.6) is 11.6 Å². The van der Waals surface area contributed by atoms with Gasteiger partial charge in [0.2, 0.25) is 11.8 Å². The Balaban J connectivity index is 1.40. The Bertz CT molecular complexity index is 1130. The molecule has 2 aromatic carbocycles. The van der Waals surface area contributed by atoms with Gasteiger partial charge in [-0.3, -0.25) is 4.79 Å². The van der Waals surface area contributed by atoms with Gasteiger partial charge in [0.1, 0.15) is 11.6 Å². The maximum Gasteiger partial charge on any atom is 0.225 e. The van der Waals surface area contributed by atoms with Gasteiger partial charge < -0.3 is 20.7 Å². The number of amides is 1. The van der Waals surface area contributed by atoms with Crippen LogP contribution in [-0.4, -0.2) is 29.9 Å². The molecule has 1 aliphatic rings. The summed E-state index contributed by atoms with van der Waals surface area (Å²) in [5, 5.41) is 9.53. The van der Waals surface area contributed by atoms with E-state index in [1.807, 2.05) is 37.3 Å². The molecule has 1 aromatic heterocycles. The van der Waals surface area contributed by atoms with Crippen molar-refractivity contribution in [1.29, 1.82) is 0 Å². The lowest BCUT2D eigenvalue weighted by Gasteiger charge is -2.26. The second kappa shape index (κ2) is 10.6. The van der Waals surface area contributed by atoms with E-state index in [4.69, 9.17) is 4.74 Å². The highest BCUT2D eigenvalue weighted by Gasteiger charge is 2.24. The lowest BCUT2D eigenvalue weighted by Crippen LogP contribution is -2.40. The van der Waals surface area contributed by atoms with Gasteiger partial charge >= 0.3 is 0 Å². The lowest BCUT2D eigenvalue weighted by molar-refractivity contribution is -0.116. The number of nitrogens with one attached hydrogen (secondary N) is 3. The van der Waals surface area contributed by atoms with E-state index in [1.54, 1.807) is 24.4 Å². The van der Waals surface area contributed by atoms with Crippen molar-refractivity contribution in [3.8, 4) is 11.6 Å². The molecule has 8 heteroatoms. The topological polar surface area (TPSA) is 87.6 Å². The molecular weight excluding hydrogens is 421 g/mol. The maximum absolute atomic E-state index is 13.1. The minimum absolute atomic E-state index is 0.0212. The second-order valence-electron chi connectivity index (χ2n) is 7.67. The van der Waals surface area contributed by atoms with Crippen LogP contribution >= 0.6 is 0 Å². The molecule has 1 amide bonds. The normalized spacial score (nSPS) is 15.4. The summed E-state index contributed by atoms with van der Waals surface area (Å²) in [7, 11) is 0. The Hall–Kier alpha value is -3.94. The standard InChI is InChI=1S/C25H26FN5O2/c1-2-27-25(30-16-18-14-23(32)31-22-6-4-3-5-21(18)22)29-15-17-11-12-28-24(13-17)33-20-9-7-19(26)8-10-20/h3-13,18H,2,14-16H2,1H3,(H,31,32)(H2,27,29,30). The average Bonchev–Trinajstić information content (AvgIpc) is 2.82. The minimum Gasteiger partial charge on any atom is -0.439 e. The van der Waals surface area contributed by atoms with Crippen molar-refractivity contribution in [2.45, 2.75) is 25.8 Å². The Morgan fingerprint density at radius 2 is 2.00 bits per heavy atom. The van der Waals surface area contributed by atoms with Gasteiger partial charge in [-0.25, -0.2) is 14.4 Å². The van der Waals surface area contributed by atoms with Crippen molar-refractivity contribution in [2.75, 3.05) is 18.4 Å². The summed E-state index contributed by atoms with van der Waals surface area (Å²) >= 11 is 0. The zero-order valence-electron chi connectivity index (χ0n) is 18.3. The number of hydrogen-bond acceptors (Lipinski definition) is 4. The molecule has 1 unspecified atom stereocenters. The number of para-hydroxylation sites is 1. The molecule has 7 nitrogen and oxygen atoms in total. The number of rotatable bonds is 7. The SMILES string of the molecule is CCNC(=NCc1ccnc(Oc2ccc(F)cc2)c1)NCC1CC(=O)Nc2ccccc21. The number of carbonyl (C=O) groups is 1. The minimum atomic E-state index is -0.320. The Kier molecular flexibility index (Phi) is 7.14. The highest BCUT2D eigenvalue weighted by Crippen LogP contribution is 2.31. The monoisotopic (exact) mass is 447 g/mol. The van der Waals surface area contributed by atoms with Crippen LogP contribution in [0.25, 0.3) is 0 Å². The van der Waals surface area contributed by atoms with Gasteiger partial charge in [-0.05, 0) is 54.4 Å². The van der Waals surface area contributed by atoms with E-state index in [1.165, 1.54) is 12.1 Å². The van der Waals surface area contributed by atoms with Gasteiger partial charge in [0.25, 0.3) is 0 Å². The van der Waals surface area contributed by atoms with E-state index in [0.717, 1.165) is 16.8 Å². The van der Waals surface area contributed by atoms with Crippen molar-refractivity contribution < 1.29 is 13.9 Å².